The number of hydrogen-bond donors (Lipinski definition) is 1. The lowest BCUT2D eigenvalue weighted by atomic mass is 9.87. The summed E-state index contributed by atoms with van der Waals surface area (Å²) in [6, 6.07) is 20.4. The SMILES string of the molecule is CC(C)(C)c1ccc(Oc2nc(-c3ccccc3O)nc3ccccc23)c(Cl)c1. The van der Waals surface area contributed by atoms with Gasteiger partial charge in [0.25, 0.3) is 0 Å². The van der Waals surface area contributed by atoms with Gasteiger partial charge in [0.2, 0.25) is 5.88 Å². The van der Waals surface area contributed by atoms with E-state index in [9.17, 15) is 5.11 Å². The van der Waals surface area contributed by atoms with Crippen molar-refractivity contribution in [3.63, 3.8) is 0 Å². The van der Waals surface area contributed by atoms with Crippen molar-refractivity contribution < 1.29 is 9.84 Å². The zero-order chi connectivity index (χ0) is 20.6. The summed E-state index contributed by atoms with van der Waals surface area (Å²) in [6.07, 6.45) is 0. The van der Waals surface area contributed by atoms with Crippen LogP contribution in [0.2, 0.25) is 5.02 Å². The van der Waals surface area contributed by atoms with E-state index in [1.54, 1.807) is 18.2 Å². The second-order valence-electron chi connectivity index (χ2n) is 7.88. The van der Waals surface area contributed by atoms with Crippen molar-refractivity contribution in [2.24, 2.45) is 0 Å². The number of rotatable bonds is 3. The van der Waals surface area contributed by atoms with Crippen LogP contribution in [0.15, 0.2) is 66.7 Å². The normalized spacial score (nSPS) is 11.6. The van der Waals surface area contributed by atoms with Gasteiger partial charge in [0.1, 0.15) is 11.5 Å². The Morgan fingerprint density at radius 1 is 0.897 bits per heavy atom. The van der Waals surface area contributed by atoms with Crippen molar-refractivity contribution in [3.8, 4) is 28.8 Å². The van der Waals surface area contributed by atoms with Gasteiger partial charge in [0.05, 0.1) is 21.5 Å². The molecule has 0 bridgehead atoms. The van der Waals surface area contributed by atoms with Crippen molar-refractivity contribution in [2.45, 2.75) is 26.2 Å². The molecule has 0 fully saturated rings. The number of halogens is 1. The second-order valence-corrected chi connectivity index (χ2v) is 8.29. The summed E-state index contributed by atoms with van der Waals surface area (Å²) in [7, 11) is 0. The van der Waals surface area contributed by atoms with Crippen molar-refractivity contribution in [1.29, 1.82) is 0 Å². The van der Waals surface area contributed by atoms with Crippen LogP contribution in [-0.2, 0) is 5.41 Å². The molecule has 0 aliphatic rings. The minimum absolute atomic E-state index is 0.0121. The summed E-state index contributed by atoms with van der Waals surface area (Å²) in [5, 5.41) is 11.5. The molecule has 5 heteroatoms. The Hall–Kier alpha value is -3.11. The first kappa shape index (κ1) is 19.2. The molecule has 0 amide bonds. The van der Waals surface area contributed by atoms with E-state index in [0.29, 0.717) is 28.0 Å². The highest BCUT2D eigenvalue weighted by Gasteiger charge is 2.18. The zero-order valence-corrected chi connectivity index (χ0v) is 17.2. The number of fused-ring (bicyclic) bond motifs is 1. The molecular formula is C24H21ClN2O2. The topological polar surface area (TPSA) is 55.2 Å². The number of benzene rings is 3. The van der Waals surface area contributed by atoms with E-state index in [2.05, 4.69) is 30.7 Å². The number of phenols is 1. The standard InChI is InChI=1S/C24H21ClN2O2/c1-24(2,3)15-12-13-21(18(25)14-15)29-23-16-8-4-6-10-19(16)26-22(27-23)17-9-5-7-11-20(17)28/h4-14,28H,1-3H3. The van der Waals surface area contributed by atoms with E-state index in [1.807, 2.05) is 48.5 Å². The lowest BCUT2D eigenvalue weighted by Gasteiger charge is -2.20. The largest absolute Gasteiger partial charge is 0.507 e. The maximum Gasteiger partial charge on any atom is 0.230 e. The van der Waals surface area contributed by atoms with Crippen LogP contribution in [0.3, 0.4) is 0 Å². The van der Waals surface area contributed by atoms with Crippen molar-refractivity contribution >= 4 is 22.5 Å². The van der Waals surface area contributed by atoms with Gasteiger partial charge in [-0.2, -0.15) is 4.98 Å². The van der Waals surface area contributed by atoms with Crippen LogP contribution in [0, 0.1) is 0 Å². The van der Waals surface area contributed by atoms with Crippen LogP contribution in [0.25, 0.3) is 22.3 Å². The van der Waals surface area contributed by atoms with Gasteiger partial charge in [-0.25, -0.2) is 4.98 Å². The minimum atomic E-state index is -0.0121. The Morgan fingerprint density at radius 3 is 2.34 bits per heavy atom. The fourth-order valence-electron chi connectivity index (χ4n) is 3.06. The molecule has 0 unspecified atom stereocenters. The minimum Gasteiger partial charge on any atom is -0.507 e. The molecule has 4 rings (SSSR count). The fourth-order valence-corrected chi connectivity index (χ4v) is 3.28. The average Bonchev–Trinajstić information content (AvgIpc) is 2.69. The first-order valence-electron chi connectivity index (χ1n) is 9.36. The van der Waals surface area contributed by atoms with E-state index in [4.69, 9.17) is 16.3 Å². The molecule has 0 spiro atoms. The lowest BCUT2D eigenvalue weighted by Crippen LogP contribution is -2.10. The number of nitrogens with zero attached hydrogens (tertiary/aromatic N) is 2. The van der Waals surface area contributed by atoms with E-state index in [-0.39, 0.29) is 11.2 Å². The van der Waals surface area contributed by atoms with Gasteiger partial charge in [-0.05, 0) is 47.4 Å². The van der Waals surface area contributed by atoms with Crippen LogP contribution in [-0.4, -0.2) is 15.1 Å². The Morgan fingerprint density at radius 2 is 1.62 bits per heavy atom. The zero-order valence-electron chi connectivity index (χ0n) is 16.5. The molecule has 1 N–H and O–H groups in total. The predicted octanol–water partition coefficient (Wildman–Crippen LogP) is 6.75. The second kappa shape index (κ2) is 7.37. The van der Waals surface area contributed by atoms with Crippen molar-refractivity contribution in [3.05, 3.63) is 77.3 Å². The summed E-state index contributed by atoms with van der Waals surface area (Å²) in [5.41, 5.74) is 2.37. The highest BCUT2D eigenvalue weighted by molar-refractivity contribution is 6.32. The fraction of sp³-hybridized carbons (Fsp3) is 0.167. The molecule has 0 aliphatic carbocycles. The molecule has 0 saturated carbocycles. The lowest BCUT2D eigenvalue weighted by molar-refractivity contribution is 0.466. The van der Waals surface area contributed by atoms with Gasteiger partial charge in [0, 0.05) is 0 Å². The van der Waals surface area contributed by atoms with Crippen LogP contribution in [0.4, 0.5) is 0 Å². The summed E-state index contributed by atoms with van der Waals surface area (Å²) < 4.78 is 6.13. The predicted molar refractivity (Wildman–Crippen MR) is 117 cm³/mol. The van der Waals surface area contributed by atoms with Crippen molar-refractivity contribution in [1.82, 2.24) is 9.97 Å². The summed E-state index contributed by atoms with van der Waals surface area (Å²) in [4.78, 5) is 9.18. The number of para-hydroxylation sites is 2. The van der Waals surface area contributed by atoms with Crippen LogP contribution < -0.4 is 4.74 Å². The molecule has 146 valence electrons. The molecule has 3 aromatic carbocycles. The molecule has 1 aromatic heterocycles. The number of ether oxygens (including phenoxy) is 1. The number of hydrogen-bond acceptors (Lipinski definition) is 4. The summed E-state index contributed by atoms with van der Waals surface area (Å²) in [6.45, 7) is 6.40. The Balaban J connectivity index is 1.82. The van der Waals surface area contributed by atoms with Gasteiger partial charge in [-0.3, -0.25) is 0 Å². The smallest absolute Gasteiger partial charge is 0.230 e. The number of aromatic hydroxyl groups is 1. The third kappa shape index (κ3) is 3.89. The van der Waals surface area contributed by atoms with Gasteiger partial charge in [0.15, 0.2) is 5.82 Å². The molecule has 4 nitrogen and oxygen atoms in total. The van der Waals surface area contributed by atoms with E-state index >= 15 is 0 Å². The van der Waals surface area contributed by atoms with Crippen molar-refractivity contribution in [2.75, 3.05) is 0 Å². The van der Waals surface area contributed by atoms with E-state index in [1.165, 1.54) is 0 Å². The van der Waals surface area contributed by atoms with Crippen LogP contribution in [0.5, 0.6) is 17.4 Å². The maximum atomic E-state index is 10.2. The summed E-state index contributed by atoms with van der Waals surface area (Å²) in [5.74, 6) is 1.41. The highest BCUT2D eigenvalue weighted by atomic mass is 35.5. The Labute approximate surface area is 174 Å². The van der Waals surface area contributed by atoms with E-state index in [0.717, 1.165) is 16.5 Å². The molecule has 0 radical (unpaired) electrons. The van der Waals surface area contributed by atoms with Crippen LogP contribution >= 0.6 is 11.6 Å². The van der Waals surface area contributed by atoms with Gasteiger partial charge < -0.3 is 9.84 Å². The molecule has 0 aliphatic heterocycles. The van der Waals surface area contributed by atoms with Gasteiger partial charge in [-0.15, -0.1) is 0 Å². The monoisotopic (exact) mass is 404 g/mol. The molecule has 0 atom stereocenters. The highest BCUT2D eigenvalue weighted by Crippen LogP contribution is 2.37. The Kier molecular flexibility index (Phi) is 4.89. The first-order valence-corrected chi connectivity index (χ1v) is 9.74. The molecule has 29 heavy (non-hydrogen) atoms. The number of phenolic OH excluding ortho intramolecular Hbond substituents is 1. The molecule has 1 heterocycles. The average molecular weight is 405 g/mol. The third-order valence-electron chi connectivity index (χ3n) is 4.72. The van der Waals surface area contributed by atoms with Gasteiger partial charge >= 0.3 is 0 Å². The molecule has 0 saturated heterocycles. The Bertz CT molecular complexity index is 1200. The third-order valence-corrected chi connectivity index (χ3v) is 5.01. The van der Waals surface area contributed by atoms with Crippen LogP contribution in [0.1, 0.15) is 26.3 Å². The molecular weight excluding hydrogens is 384 g/mol. The maximum absolute atomic E-state index is 10.2. The van der Waals surface area contributed by atoms with Gasteiger partial charge in [-0.1, -0.05) is 62.7 Å². The molecule has 4 aromatic rings. The quantitative estimate of drug-likeness (QED) is 0.410. The summed E-state index contributed by atoms with van der Waals surface area (Å²) >= 11 is 6.51. The number of aromatic nitrogens is 2. The first-order chi connectivity index (χ1) is 13.8. The van der Waals surface area contributed by atoms with E-state index < -0.39 is 0 Å².